The van der Waals surface area contributed by atoms with E-state index >= 15 is 0 Å². The zero-order valence-corrected chi connectivity index (χ0v) is 23.6. The van der Waals surface area contributed by atoms with Gasteiger partial charge in [-0.25, -0.2) is 4.98 Å². The molecule has 0 radical (unpaired) electrons. The predicted molar refractivity (Wildman–Crippen MR) is 159 cm³/mol. The molecule has 0 aliphatic heterocycles. The Kier molecular flexibility index (Phi) is 9.79. The van der Waals surface area contributed by atoms with Crippen molar-refractivity contribution in [2.45, 2.75) is 50.8 Å². The molecule has 4 aromatic rings. The standard InChI is InChI=1S/C30H33N3O3S2/c1-4-7-17-36-24-14-11-22(12-15-24)29(35)31-23-13-16-25-26(18-23)38-30(32-25)37-19-27(34)33-28-20(5-2)9-8-10-21(28)6-3/h8-16,18H,4-7,17,19H2,1-3H3,(H,31,35)(H,33,34). The highest BCUT2D eigenvalue weighted by Gasteiger charge is 2.13. The van der Waals surface area contributed by atoms with E-state index in [4.69, 9.17) is 4.74 Å². The molecular weight excluding hydrogens is 514 g/mol. The Bertz CT molecular complexity index is 1380. The number of benzene rings is 3. The van der Waals surface area contributed by atoms with Gasteiger partial charge < -0.3 is 15.4 Å². The number of amides is 2. The summed E-state index contributed by atoms with van der Waals surface area (Å²) in [6.45, 7) is 6.98. The van der Waals surface area contributed by atoms with Gasteiger partial charge in [0, 0.05) is 16.9 Å². The Balaban J connectivity index is 1.35. The number of rotatable bonds is 12. The molecule has 0 saturated carbocycles. The maximum atomic E-state index is 12.7. The van der Waals surface area contributed by atoms with Gasteiger partial charge in [0.05, 0.1) is 22.6 Å². The number of hydrogen-bond donors (Lipinski definition) is 2. The van der Waals surface area contributed by atoms with Crippen molar-refractivity contribution in [3.8, 4) is 5.75 Å². The molecule has 8 heteroatoms. The average Bonchev–Trinajstić information content (AvgIpc) is 3.35. The maximum absolute atomic E-state index is 12.7. The molecule has 198 valence electrons. The topological polar surface area (TPSA) is 80.3 Å². The lowest BCUT2D eigenvalue weighted by atomic mass is 10.0. The molecule has 0 saturated heterocycles. The van der Waals surface area contributed by atoms with Gasteiger partial charge in [-0.05, 0) is 72.9 Å². The molecule has 38 heavy (non-hydrogen) atoms. The maximum Gasteiger partial charge on any atom is 0.255 e. The van der Waals surface area contributed by atoms with Gasteiger partial charge in [-0.1, -0.05) is 57.2 Å². The summed E-state index contributed by atoms with van der Waals surface area (Å²) in [6, 6.07) is 19.0. The van der Waals surface area contributed by atoms with Crippen LogP contribution in [0, 0.1) is 0 Å². The van der Waals surface area contributed by atoms with E-state index in [1.165, 1.54) is 23.1 Å². The van der Waals surface area contributed by atoms with Gasteiger partial charge in [0.15, 0.2) is 4.34 Å². The van der Waals surface area contributed by atoms with E-state index in [0.29, 0.717) is 17.9 Å². The van der Waals surface area contributed by atoms with Gasteiger partial charge in [-0.3, -0.25) is 9.59 Å². The van der Waals surface area contributed by atoms with Crippen molar-refractivity contribution < 1.29 is 14.3 Å². The van der Waals surface area contributed by atoms with Gasteiger partial charge in [0.1, 0.15) is 5.75 Å². The lowest BCUT2D eigenvalue weighted by Gasteiger charge is -2.14. The summed E-state index contributed by atoms with van der Waals surface area (Å²) in [6.07, 6.45) is 3.81. The monoisotopic (exact) mass is 547 g/mol. The second-order valence-electron chi connectivity index (χ2n) is 8.84. The number of ether oxygens (including phenoxy) is 1. The van der Waals surface area contributed by atoms with Crippen molar-refractivity contribution in [3.63, 3.8) is 0 Å². The normalized spacial score (nSPS) is 10.9. The van der Waals surface area contributed by atoms with E-state index in [0.717, 1.165) is 62.8 Å². The summed E-state index contributed by atoms with van der Waals surface area (Å²) in [4.78, 5) is 30.1. The number of thiazole rings is 1. The largest absolute Gasteiger partial charge is 0.494 e. The van der Waals surface area contributed by atoms with Crippen molar-refractivity contribution in [2.75, 3.05) is 23.0 Å². The number of nitrogens with zero attached hydrogens (tertiary/aromatic N) is 1. The first kappa shape index (κ1) is 27.7. The Labute approximate surface area is 232 Å². The molecule has 0 bridgehead atoms. The SMILES string of the molecule is CCCCOc1ccc(C(=O)Nc2ccc3nc(SCC(=O)Nc4c(CC)cccc4CC)sc3c2)cc1. The Morgan fingerprint density at radius 2 is 1.68 bits per heavy atom. The third-order valence-corrected chi connectivity index (χ3v) is 8.26. The van der Waals surface area contributed by atoms with Gasteiger partial charge in [-0.2, -0.15) is 0 Å². The van der Waals surface area contributed by atoms with Crippen LogP contribution in [0.15, 0.2) is 65.0 Å². The number of anilines is 2. The predicted octanol–water partition coefficient (Wildman–Crippen LogP) is 7.58. The second kappa shape index (κ2) is 13.4. The fourth-order valence-corrected chi connectivity index (χ4v) is 5.90. The van der Waals surface area contributed by atoms with Crippen LogP contribution in [0.3, 0.4) is 0 Å². The molecule has 0 fully saturated rings. The van der Waals surface area contributed by atoms with Gasteiger partial charge in [-0.15, -0.1) is 11.3 Å². The van der Waals surface area contributed by atoms with Crippen molar-refractivity contribution in [1.82, 2.24) is 4.98 Å². The lowest BCUT2D eigenvalue weighted by molar-refractivity contribution is -0.113. The number of hydrogen-bond acceptors (Lipinski definition) is 6. The van der Waals surface area contributed by atoms with E-state index < -0.39 is 0 Å². The molecule has 0 aliphatic carbocycles. The van der Waals surface area contributed by atoms with E-state index in [2.05, 4.69) is 48.5 Å². The molecule has 0 spiro atoms. The van der Waals surface area contributed by atoms with Crippen molar-refractivity contribution >= 4 is 56.5 Å². The van der Waals surface area contributed by atoms with Crippen LogP contribution in [-0.2, 0) is 17.6 Å². The molecule has 6 nitrogen and oxygen atoms in total. The molecule has 4 rings (SSSR count). The molecule has 1 aromatic heterocycles. The minimum Gasteiger partial charge on any atom is -0.494 e. The van der Waals surface area contributed by atoms with E-state index in [9.17, 15) is 9.59 Å². The lowest BCUT2D eigenvalue weighted by Crippen LogP contribution is -2.16. The number of carbonyl (C=O) groups is 2. The van der Waals surface area contributed by atoms with Crippen molar-refractivity contribution in [2.24, 2.45) is 0 Å². The van der Waals surface area contributed by atoms with Crippen LogP contribution in [0.4, 0.5) is 11.4 Å². The van der Waals surface area contributed by atoms with Crippen molar-refractivity contribution in [1.29, 1.82) is 0 Å². The third kappa shape index (κ3) is 7.14. The number of fused-ring (bicyclic) bond motifs is 1. The first-order chi connectivity index (χ1) is 18.5. The fourth-order valence-electron chi connectivity index (χ4n) is 3.99. The van der Waals surface area contributed by atoms with Crippen LogP contribution in [0.2, 0.25) is 0 Å². The summed E-state index contributed by atoms with van der Waals surface area (Å²) < 4.78 is 7.44. The summed E-state index contributed by atoms with van der Waals surface area (Å²) in [5, 5.41) is 6.07. The Morgan fingerprint density at radius 3 is 2.37 bits per heavy atom. The number of aromatic nitrogens is 1. The van der Waals surface area contributed by atoms with Gasteiger partial charge >= 0.3 is 0 Å². The number of nitrogens with one attached hydrogen (secondary N) is 2. The summed E-state index contributed by atoms with van der Waals surface area (Å²) in [5.41, 5.74) is 5.34. The van der Waals surface area contributed by atoms with Crippen LogP contribution in [-0.4, -0.2) is 29.2 Å². The number of thioether (sulfide) groups is 1. The number of carbonyl (C=O) groups excluding carboxylic acids is 2. The first-order valence-electron chi connectivity index (χ1n) is 13.0. The molecule has 0 atom stereocenters. The molecule has 0 unspecified atom stereocenters. The van der Waals surface area contributed by atoms with E-state index in [-0.39, 0.29) is 17.6 Å². The average molecular weight is 548 g/mol. The summed E-state index contributed by atoms with van der Waals surface area (Å²) >= 11 is 2.93. The Morgan fingerprint density at radius 1 is 0.947 bits per heavy atom. The quantitative estimate of drug-likeness (QED) is 0.141. The zero-order valence-electron chi connectivity index (χ0n) is 22.0. The summed E-state index contributed by atoms with van der Waals surface area (Å²) in [7, 11) is 0. The minimum absolute atomic E-state index is 0.0420. The molecule has 0 aliphatic rings. The van der Waals surface area contributed by atoms with Crippen LogP contribution < -0.4 is 15.4 Å². The number of unbranched alkanes of at least 4 members (excludes halogenated alkanes) is 1. The summed E-state index contributed by atoms with van der Waals surface area (Å²) in [5.74, 6) is 0.821. The smallest absolute Gasteiger partial charge is 0.255 e. The first-order valence-corrected chi connectivity index (χ1v) is 14.8. The third-order valence-electron chi connectivity index (χ3n) is 6.10. The molecule has 1 heterocycles. The second-order valence-corrected chi connectivity index (χ2v) is 11.1. The highest BCUT2D eigenvalue weighted by atomic mass is 32.2. The van der Waals surface area contributed by atoms with Crippen LogP contribution in [0.25, 0.3) is 10.2 Å². The molecular formula is C30H33N3O3S2. The van der Waals surface area contributed by atoms with E-state index in [1.807, 2.05) is 36.4 Å². The van der Waals surface area contributed by atoms with Crippen molar-refractivity contribution in [3.05, 3.63) is 77.4 Å². The Hall–Kier alpha value is -3.36. The van der Waals surface area contributed by atoms with Gasteiger partial charge in [0.2, 0.25) is 5.91 Å². The van der Waals surface area contributed by atoms with E-state index in [1.54, 1.807) is 12.1 Å². The molecule has 2 amide bonds. The zero-order chi connectivity index (χ0) is 26.9. The van der Waals surface area contributed by atoms with Crippen LogP contribution >= 0.6 is 23.1 Å². The number of aryl methyl sites for hydroxylation is 2. The molecule has 2 N–H and O–H groups in total. The molecule has 3 aromatic carbocycles. The minimum atomic E-state index is -0.181. The van der Waals surface area contributed by atoms with Crippen LogP contribution in [0.1, 0.15) is 55.1 Å². The van der Waals surface area contributed by atoms with Crippen LogP contribution in [0.5, 0.6) is 5.75 Å². The van der Waals surface area contributed by atoms with Gasteiger partial charge in [0.25, 0.3) is 5.91 Å². The number of para-hydroxylation sites is 1. The fraction of sp³-hybridized carbons (Fsp3) is 0.300. The highest BCUT2D eigenvalue weighted by molar-refractivity contribution is 8.01. The highest BCUT2D eigenvalue weighted by Crippen LogP contribution is 2.32.